The van der Waals surface area contributed by atoms with E-state index in [1.165, 1.54) is 89.1 Å². The maximum atomic E-state index is 13.1. The van der Waals surface area contributed by atoms with E-state index in [1.807, 2.05) is 62.4 Å². The van der Waals surface area contributed by atoms with Gasteiger partial charge in [0.2, 0.25) is 0 Å². The summed E-state index contributed by atoms with van der Waals surface area (Å²) in [7, 11) is 2.83. The number of methoxy groups -OCH3 is 2. The van der Waals surface area contributed by atoms with E-state index in [4.69, 9.17) is 37.9 Å². The van der Waals surface area contributed by atoms with Crippen LogP contribution in [0.1, 0.15) is 191 Å². The quantitative estimate of drug-likeness (QED) is 0.0212. The van der Waals surface area contributed by atoms with Crippen LogP contribution in [0.15, 0.2) is 133 Å². The summed E-state index contributed by atoms with van der Waals surface area (Å²) in [6.07, 6.45) is 16.7. The number of benzene rings is 6. The highest BCUT2D eigenvalue weighted by Gasteiger charge is 2.20. The molecule has 0 aromatic heterocycles. The SMILES string of the molecule is CCCCCCCC(C)OC(=O)c1ccc(-c2ccc(OC(=O)c3ccc(OC(=O)CCCCCCCC(=O)Oc4ccc(C(=O)Oc5ccc(-c6ccc(C(=O)OC(C)CCCCCCC)cc6)cc5)cc4OC)c(OC)c3)cc2)cc1. The molecule has 2 atom stereocenters. The summed E-state index contributed by atoms with van der Waals surface area (Å²) in [5.74, 6) is -1.43. The molecule has 2 unspecified atom stereocenters. The Morgan fingerprint density at radius 2 is 0.651 bits per heavy atom. The first-order valence-electron chi connectivity index (χ1n) is 29.3. The maximum absolute atomic E-state index is 13.1. The molecule has 0 heterocycles. The van der Waals surface area contributed by atoms with E-state index in [1.54, 1.807) is 48.5 Å². The fourth-order valence-corrected chi connectivity index (χ4v) is 9.22. The van der Waals surface area contributed by atoms with Crippen molar-refractivity contribution in [2.45, 2.75) is 162 Å². The molecule has 0 spiro atoms. The molecule has 14 heteroatoms. The average molecular weight is 1130 g/mol. The van der Waals surface area contributed by atoms with Crippen LogP contribution in [0.5, 0.6) is 34.5 Å². The lowest BCUT2D eigenvalue weighted by atomic mass is 10.0. The zero-order chi connectivity index (χ0) is 59.3. The number of ether oxygens (including phenoxy) is 8. The maximum Gasteiger partial charge on any atom is 0.343 e. The Balaban J connectivity index is 0.851. The normalized spacial score (nSPS) is 11.6. The van der Waals surface area contributed by atoms with Crippen molar-refractivity contribution in [2.75, 3.05) is 14.2 Å². The molecule has 0 aliphatic rings. The summed E-state index contributed by atoms with van der Waals surface area (Å²) in [4.78, 5) is 77.3. The van der Waals surface area contributed by atoms with E-state index in [9.17, 15) is 28.8 Å². The van der Waals surface area contributed by atoms with Crippen LogP contribution >= 0.6 is 0 Å². The number of carbonyl (C=O) groups is 6. The van der Waals surface area contributed by atoms with Crippen LogP contribution in [0.25, 0.3) is 22.3 Å². The Bertz CT molecular complexity index is 2810. The van der Waals surface area contributed by atoms with Gasteiger partial charge in [-0.2, -0.15) is 0 Å². The van der Waals surface area contributed by atoms with Gasteiger partial charge in [0.1, 0.15) is 11.5 Å². The molecule has 0 radical (unpaired) electrons. The van der Waals surface area contributed by atoms with E-state index in [2.05, 4.69) is 13.8 Å². The largest absolute Gasteiger partial charge is 0.493 e. The molecule has 0 saturated heterocycles. The third-order valence-corrected chi connectivity index (χ3v) is 14.1. The van der Waals surface area contributed by atoms with Gasteiger partial charge in [-0.1, -0.05) is 133 Å². The molecule has 14 nitrogen and oxygen atoms in total. The van der Waals surface area contributed by atoms with E-state index in [-0.39, 0.29) is 71.1 Å². The van der Waals surface area contributed by atoms with Crippen molar-refractivity contribution in [3.63, 3.8) is 0 Å². The van der Waals surface area contributed by atoms with Gasteiger partial charge in [0.05, 0.1) is 48.7 Å². The minimum Gasteiger partial charge on any atom is -0.493 e. The highest BCUT2D eigenvalue weighted by Crippen LogP contribution is 2.32. The van der Waals surface area contributed by atoms with Gasteiger partial charge in [-0.15, -0.1) is 0 Å². The van der Waals surface area contributed by atoms with Crippen LogP contribution in [-0.4, -0.2) is 62.2 Å². The molecule has 0 fully saturated rings. The van der Waals surface area contributed by atoms with Gasteiger partial charge in [-0.05, 0) is 160 Å². The molecule has 0 N–H and O–H groups in total. The van der Waals surface area contributed by atoms with Crippen molar-refractivity contribution in [3.8, 4) is 56.8 Å². The summed E-state index contributed by atoms with van der Waals surface area (Å²) >= 11 is 0. The molecule has 0 aliphatic heterocycles. The number of rotatable bonds is 34. The number of esters is 6. The van der Waals surface area contributed by atoms with E-state index < -0.39 is 23.9 Å². The van der Waals surface area contributed by atoms with Crippen LogP contribution in [-0.2, 0) is 19.1 Å². The van der Waals surface area contributed by atoms with Gasteiger partial charge in [-0.3, -0.25) is 9.59 Å². The molecular formula is C69H80O14. The van der Waals surface area contributed by atoms with Gasteiger partial charge in [-0.25, -0.2) is 19.2 Å². The van der Waals surface area contributed by atoms with Crippen LogP contribution < -0.4 is 28.4 Å². The van der Waals surface area contributed by atoms with Crippen molar-refractivity contribution in [3.05, 3.63) is 156 Å². The Hall–Kier alpha value is -8.26. The van der Waals surface area contributed by atoms with Crippen LogP contribution in [0.2, 0.25) is 0 Å². The second kappa shape index (κ2) is 34.2. The van der Waals surface area contributed by atoms with Crippen molar-refractivity contribution in [2.24, 2.45) is 0 Å². The Kier molecular flexibility index (Phi) is 26.4. The summed E-state index contributed by atoms with van der Waals surface area (Å²) in [6, 6.07) is 37.4. The fourth-order valence-electron chi connectivity index (χ4n) is 9.22. The van der Waals surface area contributed by atoms with E-state index >= 15 is 0 Å². The first kappa shape index (κ1) is 63.9. The average Bonchev–Trinajstić information content (AvgIpc) is 3.64. The zero-order valence-electron chi connectivity index (χ0n) is 49.0. The summed E-state index contributed by atoms with van der Waals surface area (Å²) in [5, 5.41) is 0. The molecular weight excluding hydrogens is 1050 g/mol. The monoisotopic (exact) mass is 1130 g/mol. The molecule has 0 aliphatic carbocycles. The van der Waals surface area contributed by atoms with Gasteiger partial charge >= 0.3 is 35.8 Å². The highest BCUT2D eigenvalue weighted by molar-refractivity contribution is 5.94. The Labute approximate surface area is 489 Å². The van der Waals surface area contributed by atoms with Gasteiger partial charge < -0.3 is 37.9 Å². The van der Waals surface area contributed by atoms with Crippen LogP contribution in [0.4, 0.5) is 0 Å². The highest BCUT2D eigenvalue weighted by atomic mass is 16.6. The second-order valence-corrected chi connectivity index (χ2v) is 20.8. The van der Waals surface area contributed by atoms with Gasteiger partial charge in [0.25, 0.3) is 0 Å². The van der Waals surface area contributed by atoms with Crippen LogP contribution in [0.3, 0.4) is 0 Å². The second-order valence-electron chi connectivity index (χ2n) is 20.8. The Morgan fingerprint density at radius 3 is 1.00 bits per heavy atom. The fraction of sp³-hybridized carbons (Fsp3) is 0.391. The van der Waals surface area contributed by atoms with Gasteiger partial charge in [0, 0.05) is 12.8 Å². The third-order valence-electron chi connectivity index (χ3n) is 14.1. The number of carbonyl (C=O) groups excluding carboxylic acids is 6. The minimum absolute atomic E-state index is 0.143. The minimum atomic E-state index is -0.621. The number of hydrogen-bond donors (Lipinski definition) is 0. The van der Waals surface area contributed by atoms with Crippen molar-refractivity contribution < 1.29 is 66.7 Å². The molecule has 0 saturated carbocycles. The van der Waals surface area contributed by atoms with Gasteiger partial charge in [0.15, 0.2) is 23.0 Å². The zero-order valence-corrected chi connectivity index (χ0v) is 49.0. The van der Waals surface area contributed by atoms with Crippen LogP contribution in [0, 0.1) is 0 Å². The summed E-state index contributed by atoms with van der Waals surface area (Å²) < 4.78 is 44.6. The van der Waals surface area contributed by atoms with Crippen molar-refractivity contribution >= 4 is 35.8 Å². The molecule has 0 bridgehead atoms. The van der Waals surface area contributed by atoms with Crippen molar-refractivity contribution in [1.82, 2.24) is 0 Å². The predicted octanol–water partition coefficient (Wildman–Crippen LogP) is 16.5. The molecule has 6 aromatic carbocycles. The topological polar surface area (TPSA) is 176 Å². The predicted molar refractivity (Wildman–Crippen MR) is 320 cm³/mol. The molecule has 440 valence electrons. The lowest BCUT2D eigenvalue weighted by Gasteiger charge is -2.13. The first-order valence-corrected chi connectivity index (χ1v) is 29.3. The van der Waals surface area contributed by atoms with Crippen molar-refractivity contribution in [1.29, 1.82) is 0 Å². The first-order chi connectivity index (χ1) is 40.3. The molecule has 6 rings (SSSR count). The lowest BCUT2D eigenvalue weighted by molar-refractivity contribution is -0.135. The molecule has 83 heavy (non-hydrogen) atoms. The Morgan fingerprint density at radius 1 is 0.337 bits per heavy atom. The molecule has 6 aromatic rings. The lowest BCUT2D eigenvalue weighted by Crippen LogP contribution is -2.15. The third kappa shape index (κ3) is 21.2. The summed E-state index contributed by atoms with van der Waals surface area (Å²) in [5.41, 5.74) is 4.89. The summed E-state index contributed by atoms with van der Waals surface area (Å²) in [6.45, 7) is 8.24. The molecule has 0 amide bonds. The standard InChI is InChI=1S/C69H80O14/c1-7-9-11-14-18-22-48(3)78-66(72)54-30-26-50(27-31-54)52-34-40-58(41-35-52)80-68(74)56-38-44-60(62(46-56)76-5)82-64(70)24-20-16-13-17-21-25-65(71)83-61-45-39-57(47-63(61)77-6)69(75)81-59-42-36-53(37-43-59)51-28-32-55(33-29-51)67(73)79-49(4)23-19-15-12-10-8-2/h26-49H,7-25H2,1-6H3. The number of unbranched alkanes of at least 4 members (excludes halogenated alkanes) is 12. The van der Waals surface area contributed by atoms with E-state index in [0.717, 1.165) is 80.0 Å². The smallest absolute Gasteiger partial charge is 0.343 e. The number of hydrogen-bond acceptors (Lipinski definition) is 14. The van der Waals surface area contributed by atoms with E-state index in [0.29, 0.717) is 35.5 Å².